The number of rotatable bonds is 3. The topological polar surface area (TPSA) is 63.7 Å². The van der Waals surface area contributed by atoms with E-state index in [4.69, 9.17) is 4.74 Å². The van der Waals surface area contributed by atoms with Crippen LogP contribution in [0.2, 0.25) is 0 Å². The molecule has 0 aliphatic carbocycles. The van der Waals surface area contributed by atoms with Crippen LogP contribution in [0.15, 0.2) is 30.3 Å². The maximum Gasteiger partial charge on any atom is 0.330 e. The number of nitrogens with zero attached hydrogens (tertiary/aromatic N) is 1. The third kappa shape index (κ3) is 2.49. The Bertz CT molecular complexity index is 692. The summed E-state index contributed by atoms with van der Waals surface area (Å²) in [6.45, 7) is 3.57. The molecule has 23 heavy (non-hydrogen) atoms. The maximum atomic E-state index is 12.7. The molecule has 8 heteroatoms. The largest absolute Gasteiger partial charge is 0.459 e. The number of alkyl halides is 2. The van der Waals surface area contributed by atoms with E-state index in [0.717, 1.165) is 5.56 Å². The molecule has 2 saturated heterocycles. The third-order valence-electron chi connectivity index (χ3n) is 4.19. The minimum atomic E-state index is -1.40. The van der Waals surface area contributed by atoms with Gasteiger partial charge in [0.05, 0.1) is 15.5 Å². The van der Waals surface area contributed by atoms with Crippen molar-refractivity contribution in [3.63, 3.8) is 0 Å². The van der Waals surface area contributed by atoms with Crippen LogP contribution < -0.4 is 0 Å². The minimum absolute atomic E-state index is 0.124. The average molecular weight is 465 g/mol. The molecular formula is C15H15Br2NO4S. The highest BCUT2D eigenvalue weighted by Crippen LogP contribution is 2.55. The molecular weight excluding hydrogens is 450 g/mol. The Morgan fingerprint density at radius 1 is 1.30 bits per heavy atom. The lowest BCUT2D eigenvalue weighted by atomic mass is 9.98. The van der Waals surface area contributed by atoms with Gasteiger partial charge in [0, 0.05) is 0 Å². The van der Waals surface area contributed by atoms with E-state index in [1.54, 1.807) is 13.8 Å². The first-order valence-electron chi connectivity index (χ1n) is 7.01. The molecule has 124 valence electrons. The molecule has 3 atom stereocenters. The molecule has 2 aliphatic rings. The van der Waals surface area contributed by atoms with Crippen molar-refractivity contribution in [2.24, 2.45) is 0 Å². The van der Waals surface area contributed by atoms with Crippen LogP contribution in [0.1, 0.15) is 19.4 Å². The van der Waals surface area contributed by atoms with Crippen LogP contribution in [0.5, 0.6) is 0 Å². The number of amides is 1. The molecule has 1 aromatic carbocycles. The number of fused-ring (bicyclic) bond motifs is 1. The van der Waals surface area contributed by atoms with Crippen LogP contribution >= 0.6 is 31.9 Å². The normalized spacial score (nSPS) is 30.5. The standard InChI is InChI=1S/C15H15Br2NO4S/c1-14(2)10(11(19)22-8-9-6-4-3-5-7-9)18-12(20)15(16,17)13(18)23(14)21/h3-7,10,13H,8H2,1-2H3/t10-,13+,23+/m0/s1. The molecule has 0 saturated carbocycles. The zero-order valence-corrected chi connectivity index (χ0v) is 16.5. The number of ether oxygens (including phenoxy) is 1. The first-order chi connectivity index (χ1) is 10.7. The molecule has 0 aromatic heterocycles. The van der Waals surface area contributed by atoms with Crippen LogP contribution in [-0.2, 0) is 31.7 Å². The molecule has 0 N–H and O–H groups in total. The van der Waals surface area contributed by atoms with Gasteiger partial charge in [-0.15, -0.1) is 0 Å². The summed E-state index contributed by atoms with van der Waals surface area (Å²) in [7, 11) is -1.40. The zero-order valence-electron chi connectivity index (χ0n) is 12.5. The highest BCUT2D eigenvalue weighted by molar-refractivity contribution is 9.26. The summed E-state index contributed by atoms with van der Waals surface area (Å²) in [4.78, 5) is 26.2. The van der Waals surface area contributed by atoms with Crippen LogP contribution in [-0.4, -0.2) is 40.4 Å². The lowest BCUT2D eigenvalue weighted by Gasteiger charge is -2.46. The van der Waals surface area contributed by atoms with Gasteiger partial charge in [-0.2, -0.15) is 0 Å². The van der Waals surface area contributed by atoms with E-state index in [1.807, 2.05) is 30.3 Å². The number of hydrogen-bond donors (Lipinski definition) is 0. The predicted molar refractivity (Wildman–Crippen MR) is 93.5 cm³/mol. The number of hydrogen-bond acceptors (Lipinski definition) is 4. The third-order valence-corrected chi connectivity index (χ3v) is 8.59. The van der Waals surface area contributed by atoms with Gasteiger partial charge in [0.25, 0.3) is 5.91 Å². The number of esters is 1. The Kier molecular flexibility index (Phi) is 4.21. The number of carbonyl (C=O) groups excluding carboxylic acids is 2. The van der Waals surface area contributed by atoms with Gasteiger partial charge in [0.2, 0.25) is 0 Å². The van der Waals surface area contributed by atoms with Crippen molar-refractivity contribution < 1.29 is 18.5 Å². The molecule has 2 heterocycles. The highest BCUT2D eigenvalue weighted by atomic mass is 79.9. The van der Waals surface area contributed by atoms with Gasteiger partial charge in [-0.25, -0.2) is 4.79 Å². The fourth-order valence-electron chi connectivity index (χ4n) is 2.92. The summed E-state index contributed by atoms with van der Waals surface area (Å²) < 4.78 is 16.1. The summed E-state index contributed by atoms with van der Waals surface area (Å²) in [5.41, 5.74) is 0.861. The Morgan fingerprint density at radius 3 is 2.52 bits per heavy atom. The molecule has 3 rings (SSSR count). The van der Waals surface area contributed by atoms with Crippen molar-refractivity contribution in [2.45, 2.75) is 39.9 Å². The quantitative estimate of drug-likeness (QED) is 0.391. The molecule has 0 bridgehead atoms. The predicted octanol–water partition coefficient (Wildman–Crippen LogP) is 2.29. The van der Waals surface area contributed by atoms with Crippen molar-refractivity contribution in [1.82, 2.24) is 4.90 Å². The zero-order chi connectivity index (χ0) is 17.0. The lowest BCUT2D eigenvalue weighted by molar-refractivity contribution is -0.162. The minimum Gasteiger partial charge on any atom is -0.459 e. The van der Waals surface area contributed by atoms with Crippen LogP contribution in [0.3, 0.4) is 0 Å². The molecule has 2 aliphatic heterocycles. The second-order valence-electron chi connectivity index (χ2n) is 6.08. The first kappa shape index (κ1) is 17.1. The summed E-state index contributed by atoms with van der Waals surface area (Å²) >= 11 is 6.52. The van der Waals surface area contributed by atoms with Gasteiger partial charge in [-0.1, -0.05) is 62.2 Å². The number of carbonyl (C=O) groups is 2. The van der Waals surface area contributed by atoms with E-state index in [9.17, 15) is 13.8 Å². The van der Waals surface area contributed by atoms with Crippen LogP contribution in [0.4, 0.5) is 0 Å². The molecule has 0 radical (unpaired) electrons. The van der Waals surface area contributed by atoms with Gasteiger partial charge < -0.3 is 9.64 Å². The summed E-state index contributed by atoms with van der Waals surface area (Å²) in [5.74, 6) is -0.832. The van der Waals surface area contributed by atoms with E-state index in [2.05, 4.69) is 31.9 Å². The van der Waals surface area contributed by atoms with Crippen molar-refractivity contribution in [1.29, 1.82) is 0 Å². The van der Waals surface area contributed by atoms with Crippen molar-refractivity contribution in [2.75, 3.05) is 0 Å². The molecule has 1 aromatic rings. The van der Waals surface area contributed by atoms with Crippen molar-refractivity contribution in [3.05, 3.63) is 35.9 Å². The molecule has 0 spiro atoms. The van der Waals surface area contributed by atoms with Crippen LogP contribution in [0, 0.1) is 0 Å². The van der Waals surface area contributed by atoms with Gasteiger partial charge in [-0.3, -0.25) is 9.00 Å². The Balaban J connectivity index is 1.80. The summed E-state index contributed by atoms with van der Waals surface area (Å²) in [5, 5.41) is -0.584. The molecule has 2 fully saturated rings. The Morgan fingerprint density at radius 2 is 1.91 bits per heavy atom. The summed E-state index contributed by atoms with van der Waals surface area (Å²) in [6, 6.07) is 8.44. The number of benzene rings is 1. The van der Waals surface area contributed by atoms with Gasteiger partial charge in [-0.05, 0) is 19.4 Å². The number of halogens is 2. The highest BCUT2D eigenvalue weighted by Gasteiger charge is 2.73. The van der Waals surface area contributed by atoms with Crippen molar-refractivity contribution in [3.8, 4) is 0 Å². The van der Waals surface area contributed by atoms with E-state index >= 15 is 0 Å². The summed E-state index contributed by atoms with van der Waals surface area (Å²) in [6.07, 6.45) is 0. The van der Waals surface area contributed by atoms with E-state index < -0.39 is 36.2 Å². The van der Waals surface area contributed by atoms with Crippen LogP contribution in [0.25, 0.3) is 0 Å². The van der Waals surface area contributed by atoms with Crippen molar-refractivity contribution >= 4 is 54.5 Å². The molecule has 0 unspecified atom stereocenters. The fourth-order valence-corrected chi connectivity index (χ4v) is 6.59. The lowest BCUT2D eigenvalue weighted by Crippen LogP contribution is -2.69. The van der Waals surface area contributed by atoms with E-state index in [1.165, 1.54) is 4.90 Å². The maximum absolute atomic E-state index is 12.7. The monoisotopic (exact) mass is 463 g/mol. The van der Waals surface area contributed by atoms with E-state index in [0.29, 0.717) is 0 Å². The van der Waals surface area contributed by atoms with Gasteiger partial charge in [0.15, 0.2) is 3.23 Å². The van der Waals surface area contributed by atoms with E-state index in [-0.39, 0.29) is 12.5 Å². The second-order valence-corrected chi connectivity index (χ2v) is 11.7. The SMILES string of the molecule is CC1(C)[C@H](C(=O)OCc2ccccc2)N2C(=O)C(Br)(Br)[C@H]2[S@]1=O. The van der Waals surface area contributed by atoms with Gasteiger partial charge >= 0.3 is 5.97 Å². The molecule has 5 nitrogen and oxygen atoms in total. The number of β-lactam (4-membered cyclic amide) rings is 1. The average Bonchev–Trinajstić information content (AvgIpc) is 2.71. The fraction of sp³-hybridized carbons (Fsp3) is 0.467. The Hall–Kier alpha value is -0.730. The Labute approximate surface area is 153 Å². The molecule has 1 amide bonds. The second kappa shape index (κ2) is 5.67. The first-order valence-corrected chi connectivity index (χ1v) is 9.80. The smallest absolute Gasteiger partial charge is 0.330 e. The van der Waals surface area contributed by atoms with Gasteiger partial charge in [0.1, 0.15) is 18.0 Å².